The zero-order valence-electron chi connectivity index (χ0n) is 8.01. The molecule has 15 heavy (non-hydrogen) atoms. The number of carbonyl (C=O) groups excluding carboxylic acids is 1. The molecule has 1 aliphatic carbocycles. The fourth-order valence-corrected chi connectivity index (χ4v) is 1.17. The minimum Gasteiger partial charge on any atom is -0.354 e. The van der Waals surface area contributed by atoms with E-state index in [0.717, 1.165) is 12.8 Å². The van der Waals surface area contributed by atoms with Gasteiger partial charge in [0.1, 0.15) is 6.42 Å². The molecule has 7 heteroatoms. The summed E-state index contributed by atoms with van der Waals surface area (Å²) in [6, 6.07) is -0.202. The van der Waals surface area contributed by atoms with Gasteiger partial charge in [-0.15, -0.1) is 12.4 Å². The number of alkyl halides is 3. The molecule has 3 nitrogen and oxygen atoms in total. The fourth-order valence-electron chi connectivity index (χ4n) is 1.17. The van der Waals surface area contributed by atoms with Gasteiger partial charge in [0.25, 0.3) is 0 Å². The molecule has 1 rings (SSSR count). The van der Waals surface area contributed by atoms with E-state index in [2.05, 4.69) is 5.32 Å². The first kappa shape index (κ1) is 14.5. The Hall–Kier alpha value is -0.490. The summed E-state index contributed by atoms with van der Waals surface area (Å²) in [5.74, 6) is -0.630. The van der Waals surface area contributed by atoms with E-state index in [9.17, 15) is 18.0 Å². The average Bonchev–Trinajstić information content (AvgIpc) is 2.78. The molecule has 0 aliphatic heterocycles. The van der Waals surface area contributed by atoms with Crippen molar-refractivity contribution in [1.29, 1.82) is 0 Å². The molecule has 1 amide bonds. The van der Waals surface area contributed by atoms with Crippen molar-refractivity contribution in [1.82, 2.24) is 5.32 Å². The van der Waals surface area contributed by atoms with Gasteiger partial charge in [0.15, 0.2) is 0 Å². The van der Waals surface area contributed by atoms with E-state index in [0.29, 0.717) is 5.92 Å². The monoisotopic (exact) mass is 246 g/mol. The van der Waals surface area contributed by atoms with E-state index in [1.807, 2.05) is 0 Å². The minimum absolute atomic E-state index is 0. The Kier molecular flexibility index (Phi) is 5.37. The molecule has 0 radical (unpaired) electrons. The molecular weight excluding hydrogens is 233 g/mol. The Balaban J connectivity index is 0.00000196. The first-order chi connectivity index (χ1) is 6.38. The summed E-state index contributed by atoms with van der Waals surface area (Å²) in [6.07, 6.45) is -3.84. The van der Waals surface area contributed by atoms with E-state index < -0.39 is 18.5 Å². The molecular formula is C8H14ClF3N2O. The van der Waals surface area contributed by atoms with Crippen molar-refractivity contribution >= 4 is 18.3 Å². The lowest BCUT2D eigenvalue weighted by Gasteiger charge is -2.12. The van der Waals surface area contributed by atoms with Gasteiger partial charge in [-0.3, -0.25) is 4.79 Å². The molecule has 1 aliphatic rings. The quantitative estimate of drug-likeness (QED) is 0.784. The third kappa shape index (κ3) is 6.57. The van der Waals surface area contributed by atoms with Crippen LogP contribution in [-0.4, -0.2) is 24.7 Å². The number of hydrogen-bond acceptors (Lipinski definition) is 2. The van der Waals surface area contributed by atoms with Crippen molar-refractivity contribution in [3.8, 4) is 0 Å². The zero-order chi connectivity index (χ0) is 10.8. The number of halogens is 4. The standard InChI is InChI=1S/C8H13F3N2O.ClH/c9-8(10,11)3-7(14)13-4-6(12)5-1-2-5;/h5-6H,1-4,12H2,(H,13,14);1H. The SMILES string of the molecule is Cl.NC(CNC(=O)CC(F)(F)F)C1CC1. The van der Waals surface area contributed by atoms with Crippen LogP contribution in [0.2, 0.25) is 0 Å². The molecule has 90 valence electrons. The summed E-state index contributed by atoms with van der Waals surface area (Å²) in [7, 11) is 0. The predicted octanol–water partition coefficient (Wildman–Crippen LogP) is 1.21. The summed E-state index contributed by atoms with van der Waals surface area (Å²) in [6.45, 7) is 0.138. The van der Waals surface area contributed by atoms with Crippen LogP contribution in [0.4, 0.5) is 13.2 Å². The Labute approximate surface area is 92.0 Å². The first-order valence-electron chi connectivity index (χ1n) is 4.47. The number of nitrogens with one attached hydrogen (secondary N) is 1. The normalized spacial score (nSPS) is 17.9. The summed E-state index contributed by atoms with van der Waals surface area (Å²) >= 11 is 0. The highest BCUT2D eigenvalue weighted by Crippen LogP contribution is 2.31. The third-order valence-electron chi connectivity index (χ3n) is 2.12. The maximum Gasteiger partial charge on any atom is 0.397 e. The Morgan fingerprint density at radius 2 is 2.00 bits per heavy atom. The Morgan fingerprint density at radius 1 is 1.47 bits per heavy atom. The summed E-state index contributed by atoms with van der Waals surface area (Å²) in [5, 5.41) is 2.18. The van der Waals surface area contributed by atoms with E-state index in [1.54, 1.807) is 0 Å². The lowest BCUT2D eigenvalue weighted by Crippen LogP contribution is -2.39. The number of amides is 1. The van der Waals surface area contributed by atoms with Gasteiger partial charge in [0.05, 0.1) is 0 Å². The van der Waals surface area contributed by atoms with Gasteiger partial charge in [0, 0.05) is 12.6 Å². The number of nitrogens with two attached hydrogens (primary N) is 1. The molecule has 0 spiro atoms. The van der Waals surface area contributed by atoms with Crippen LogP contribution in [0.15, 0.2) is 0 Å². The molecule has 1 saturated carbocycles. The highest BCUT2D eigenvalue weighted by Gasteiger charge is 2.32. The third-order valence-corrected chi connectivity index (χ3v) is 2.12. The fraction of sp³-hybridized carbons (Fsp3) is 0.875. The molecule has 0 aromatic heterocycles. The largest absolute Gasteiger partial charge is 0.397 e. The van der Waals surface area contributed by atoms with Crippen LogP contribution in [0.3, 0.4) is 0 Å². The highest BCUT2D eigenvalue weighted by molar-refractivity contribution is 5.85. The van der Waals surface area contributed by atoms with E-state index in [-0.39, 0.29) is 25.0 Å². The van der Waals surface area contributed by atoms with Crippen molar-refractivity contribution in [2.45, 2.75) is 31.5 Å². The van der Waals surface area contributed by atoms with Crippen LogP contribution in [0.25, 0.3) is 0 Å². The molecule has 0 heterocycles. The van der Waals surface area contributed by atoms with Crippen LogP contribution in [0.1, 0.15) is 19.3 Å². The molecule has 0 aromatic rings. The van der Waals surface area contributed by atoms with Gasteiger partial charge in [0.2, 0.25) is 5.91 Å². The second-order valence-corrected chi connectivity index (χ2v) is 3.60. The van der Waals surface area contributed by atoms with Crippen LogP contribution in [0.5, 0.6) is 0 Å². The van der Waals surface area contributed by atoms with Gasteiger partial charge >= 0.3 is 6.18 Å². The zero-order valence-corrected chi connectivity index (χ0v) is 8.83. The summed E-state index contributed by atoms with van der Waals surface area (Å²) in [4.78, 5) is 10.7. The van der Waals surface area contributed by atoms with Gasteiger partial charge in [-0.2, -0.15) is 13.2 Å². The molecule has 0 saturated heterocycles. The number of carbonyl (C=O) groups is 1. The van der Waals surface area contributed by atoms with E-state index in [1.165, 1.54) is 0 Å². The van der Waals surface area contributed by atoms with Crippen molar-refractivity contribution in [3.63, 3.8) is 0 Å². The number of rotatable bonds is 4. The van der Waals surface area contributed by atoms with Crippen molar-refractivity contribution in [3.05, 3.63) is 0 Å². The van der Waals surface area contributed by atoms with Gasteiger partial charge < -0.3 is 11.1 Å². The Morgan fingerprint density at radius 3 is 2.40 bits per heavy atom. The average molecular weight is 247 g/mol. The number of hydrogen-bond donors (Lipinski definition) is 2. The Bertz CT molecular complexity index is 218. The lowest BCUT2D eigenvalue weighted by molar-refractivity contribution is -0.153. The summed E-state index contributed by atoms with van der Waals surface area (Å²) in [5.41, 5.74) is 5.60. The topological polar surface area (TPSA) is 55.1 Å². The maximum atomic E-state index is 11.7. The second-order valence-electron chi connectivity index (χ2n) is 3.60. The van der Waals surface area contributed by atoms with Gasteiger partial charge in [-0.25, -0.2) is 0 Å². The molecule has 1 unspecified atom stereocenters. The van der Waals surface area contributed by atoms with Gasteiger partial charge in [-0.1, -0.05) is 0 Å². The first-order valence-corrected chi connectivity index (χ1v) is 4.47. The summed E-state index contributed by atoms with van der Waals surface area (Å²) < 4.78 is 35.1. The van der Waals surface area contributed by atoms with Crippen LogP contribution in [0, 0.1) is 5.92 Å². The van der Waals surface area contributed by atoms with Crippen LogP contribution < -0.4 is 11.1 Å². The lowest BCUT2D eigenvalue weighted by atomic mass is 10.2. The van der Waals surface area contributed by atoms with Crippen molar-refractivity contribution < 1.29 is 18.0 Å². The molecule has 0 bridgehead atoms. The molecule has 1 atom stereocenters. The molecule has 3 N–H and O–H groups in total. The van der Waals surface area contributed by atoms with E-state index in [4.69, 9.17) is 5.73 Å². The highest BCUT2D eigenvalue weighted by atomic mass is 35.5. The van der Waals surface area contributed by atoms with Crippen molar-refractivity contribution in [2.75, 3.05) is 6.54 Å². The maximum absolute atomic E-state index is 11.7. The van der Waals surface area contributed by atoms with Crippen LogP contribution >= 0.6 is 12.4 Å². The molecule has 1 fully saturated rings. The van der Waals surface area contributed by atoms with Crippen LogP contribution in [-0.2, 0) is 4.79 Å². The van der Waals surface area contributed by atoms with Gasteiger partial charge in [-0.05, 0) is 18.8 Å². The van der Waals surface area contributed by atoms with Crippen molar-refractivity contribution in [2.24, 2.45) is 11.7 Å². The second kappa shape index (κ2) is 5.55. The predicted molar refractivity (Wildman–Crippen MR) is 51.6 cm³/mol. The smallest absolute Gasteiger partial charge is 0.354 e. The minimum atomic E-state index is -4.44. The van der Waals surface area contributed by atoms with E-state index >= 15 is 0 Å². The molecule has 0 aromatic carbocycles.